The normalized spacial score (nSPS) is 17.0. The Morgan fingerprint density at radius 3 is 2.01 bits per heavy atom. The molecular weight excluding hydrogens is 909 g/mol. The highest BCUT2D eigenvalue weighted by molar-refractivity contribution is 5.94. The molecule has 0 spiro atoms. The minimum atomic E-state index is -1.61. The topological polar surface area (TPSA) is 227 Å². The van der Waals surface area contributed by atoms with Gasteiger partial charge in [-0.05, 0) is 86.0 Å². The van der Waals surface area contributed by atoms with Crippen LogP contribution in [0.1, 0.15) is 125 Å². The predicted molar refractivity (Wildman–Crippen MR) is 272 cm³/mol. The van der Waals surface area contributed by atoms with Crippen LogP contribution in [-0.4, -0.2) is 137 Å². The number of aliphatic hydroxyl groups is 1. The number of nitrogens with zero attached hydrogens (tertiary/aromatic N) is 3. The lowest BCUT2D eigenvalue weighted by Crippen LogP contribution is -2.61. The Kier molecular flexibility index (Phi) is 24.5. The van der Waals surface area contributed by atoms with Crippen LogP contribution in [0.25, 0.3) is 0 Å². The number of likely N-dealkylation sites (N-methyl/N-ethyl adjacent to an activating group) is 2. The van der Waals surface area contributed by atoms with Crippen molar-refractivity contribution in [2.75, 3.05) is 27.7 Å². The first-order chi connectivity index (χ1) is 33.5. The maximum atomic E-state index is 14.8. The van der Waals surface area contributed by atoms with Gasteiger partial charge in [0.15, 0.2) is 0 Å². The molecule has 0 aromatic heterocycles. The molecule has 1 aliphatic rings. The quantitative estimate of drug-likeness (QED) is 0.0741. The van der Waals surface area contributed by atoms with Crippen molar-refractivity contribution in [3.8, 4) is 5.75 Å². The molecule has 0 radical (unpaired) electrons. The molecule has 9 atom stereocenters. The molecule has 0 bridgehead atoms. The van der Waals surface area contributed by atoms with E-state index in [1.165, 1.54) is 37.9 Å². The number of methoxy groups -OCH3 is 1. The van der Waals surface area contributed by atoms with Crippen LogP contribution in [0, 0.1) is 23.7 Å². The van der Waals surface area contributed by atoms with Gasteiger partial charge in [-0.2, -0.15) is 0 Å². The molecule has 3 rings (SSSR count). The van der Waals surface area contributed by atoms with Crippen LogP contribution < -0.4 is 21.1 Å². The van der Waals surface area contributed by atoms with E-state index in [-0.39, 0.29) is 67.7 Å². The molecule has 396 valence electrons. The highest BCUT2D eigenvalue weighted by Crippen LogP contribution is 2.25. The number of carbonyl (C=O) groups is 7. The van der Waals surface area contributed by atoms with E-state index in [1.54, 1.807) is 36.4 Å². The van der Waals surface area contributed by atoms with Crippen molar-refractivity contribution in [1.82, 2.24) is 25.3 Å². The number of ether oxygens (including phenoxy) is 3. The molecule has 1 heterocycles. The van der Waals surface area contributed by atoms with E-state index in [4.69, 9.17) is 19.9 Å². The van der Waals surface area contributed by atoms with Crippen LogP contribution >= 0.6 is 0 Å². The molecule has 5 N–H and O–H groups in total. The van der Waals surface area contributed by atoms with Gasteiger partial charge >= 0.3 is 12.1 Å². The van der Waals surface area contributed by atoms with Gasteiger partial charge in [0.25, 0.3) is 0 Å². The maximum Gasteiger partial charge on any atom is 0.410 e. The van der Waals surface area contributed by atoms with Gasteiger partial charge in [0.1, 0.15) is 48.4 Å². The predicted octanol–water partition coefficient (Wildman–Crippen LogP) is 5.82. The molecule has 17 nitrogen and oxygen atoms in total. The Morgan fingerprint density at radius 1 is 0.803 bits per heavy atom. The summed E-state index contributed by atoms with van der Waals surface area (Å²) in [5.41, 5.74) is 7.70. The van der Waals surface area contributed by atoms with Crippen LogP contribution in [0.3, 0.4) is 0 Å². The molecule has 0 saturated carbocycles. The second-order valence-electron chi connectivity index (χ2n) is 20.5. The number of Topliss-reactive ketones (excluding diaryl/α,β-unsaturated/α-hetero) is 1. The lowest BCUT2D eigenvalue weighted by Gasteiger charge is -2.35. The van der Waals surface area contributed by atoms with Crippen LogP contribution in [0.15, 0.2) is 54.6 Å². The lowest BCUT2D eigenvalue weighted by molar-refractivity contribution is -0.162. The molecule has 0 unspecified atom stereocenters. The SMILES string of the molecule is CC[C@H](C)[C@@H](NC(=O)[C@@H](NC(=O)[C@@H](CC(C)C)N(C)C(=O)OCc1ccccc1)[C@@H](C)OC(=O)[C@H](Cc1ccc(OC)cc1)N(C)C(=O)[C@@H]1CCCN1C(=O)[C@@H](N)CC(C)C)[C@@H](O)CC(=O)CCC(C)C. The number of ketones is 1. The summed E-state index contributed by atoms with van der Waals surface area (Å²) >= 11 is 0. The fourth-order valence-corrected chi connectivity index (χ4v) is 8.71. The van der Waals surface area contributed by atoms with E-state index in [0.717, 1.165) is 10.5 Å². The summed E-state index contributed by atoms with van der Waals surface area (Å²) in [4.78, 5) is 103. The van der Waals surface area contributed by atoms with E-state index >= 15 is 0 Å². The molecular formula is C54H84N6O11. The van der Waals surface area contributed by atoms with Crippen molar-refractivity contribution in [2.45, 2.75) is 175 Å². The number of hydrogen-bond acceptors (Lipinski definition) is 12. The van der Waals surface area contributed by atoms with Crippen LogP contribution in [0.4, 0.5) is 4.79 Å². The average Bonchev–Trinajstić information content (AvgIpc) is 3.83. The number of esters is 1. The number of likely N-dealkylation sites (tertiary alicyclic amines) is 1. The summed E-state index contributed by atoms with van der Waals surface area (Å²) in [6.07, 6.45) is -0.800. The van der Waals surface area contributed by atoms with Gasteiger partial charge in [0.05, 0.1) is 25.3 Å². The van der Waals surface area contributed by atoms with Crippen molar-refractivity contribution in [2.24, 2.45) is 29.4 Å². The third-order valence-electron chi connectivity index (χ3n) is 13.3. The van der Waals surface area contributed by atoms with E-state index in [0.29, 0.717) is 50.0 Å². The average molecular weight is 993 g/mol. The molecule has 1 saturated heterocycles. The highest BCUT2D eigenvalue weighted by atomic mass is 16.6. The summed E-state index contributed by atoms with van der Waals surface area (Å²) in [5.74, 6) is -2.93. The Hall–Kier alpha value is -5.55. The molecule has 5 amide bonds. The van der Waals surface area contributed by atoms with Gasteiger partial charge in [0.2, 0.25) is 23.6 Å². The molecule has 1 aliphatic heterocycles. The molecule has 71 heavy (non-hydrogen) atoms. The largest absolute Gasteiger partial charge is 0.497 e. The van der Waals surface area contributed by atoms with E-state index in [1.807, 2.05) is 73.6 Å². The zero-order valence-electron chi connectivity index (χ0n) is 44.4. The number of amides is 5. The minimum Gasteiger partial charge on any atom is -0.497 e. The van der Waals surface area contributed by atoms with Gasteiger partial charge in [-0.1, -0.05) is 104 Å². The first-order valence-corrected chi connectivity index (χ1v) is 25.4. The zero-order chi connectivity index (χ0) is 53.1. The number of nitrogens with two attached hydrogens (primary N) is 1. The van der Waals surface area contributed by atoms with Crippen molar-refractivity contribution in [1.29, 1.82) is 0 Å². The standard InChI is InChI=1S/C54H84N6O11/c1-13-36(8)47(46(62)31-40(61)24-21-33(2)3)56-50(64)48(57-49(63)44(29-35(6)7)59(11)54(68)70-32-39-18-15-14-16-19-39)37(9)71-53(67)45(30-38-22-25-41(69-12)26-23-38)58(10)52(66)43-20-17-27-60(43)51(65)42(55)28-34(4)5/h14-16,18-19,22-23,25-26,33-37,42-48,62H,13,17,20-21,24,27-32,55H2,1-12H3,(H,56,64)(H,57,63)/t36-,37+,42-,43-,44+,45-,46-,47+,48-/m0/s1. The Balaban J connectivity index is 2.06. The Bertz CT molecular complexity index is 2030. The van der Waals surface area contributed by atoms with Crippen LogP contribution in [-0.2, 0) is 51.3 Å². The maximum absolute atomic E-state index is 14.8. The Labute approximate surface area is 422 Å². The van der Waals surface area contributed by atoms with Gasteiger partial charge < -0.3 is 45.5 Å². The van der Waals surface area contributed by atoms with Crippen LogP contribution in [0.5, 0.6) is 5.75 Å². The van der Waals surface area contributed by atoms with Crippen LogP contribution in [0.2, 0.25) is 0 Å². The van der Waals surface area contributed by atoms with Gasteiger partial charge in [-0.3, -0.25) is 28.9 Å². The molecule has 0 aliphatic carbocycles. The molecule has 17 heteroatoms. The first-order valence-electron chi connectivity index (χ1n) is 25.4. The first kappa shape index (κ1) is 59.8. The third-order valence-corrected chi connectivity index (χ3v) is 13.3. The number of nitrogens with one attached hydrogen (secondary N) is 2. The molecule has 2 aromatic rings. The summed E-state index contributed by atoms with van der Waals surface area (Å²) in [5, 5.41) is 17.2. The van der Waals surface area contributed by atoms with Crippen molar-refractivity contribution in [3.05, 3.63) is 65.7 Å². The number of carbonyl (C=O) groups excluding carboxylic acids is 7. The molecule has 1 fully saturated rings. The summed E-state index contributed by atoms with van der Waals surface area (Å²) in [7, 11) is 4.42. The highest BCUT2D eigenvalue weighted by Gasteiger charge is 2.43. The van der Waals surface area contributed by atoms with Crippen molar-refractivity contribution in [3.63, 3.8) is 0 Å². The zero-order valence-corrected chi connectivity index (χ0v) is 44.4. The van der Waals surface area contributed by atoms with E-state index in [2.05, 4.69) is 10.6 Å². The summed E-state index contributed by atoms with van der Waals surface area (Å²) in [6.45, 7) is 17.1. The van der Waals surface area contributed by atoms with Crippen molar-refractivity contribution < 1.29 is 52.9 Å². The third kappa shape index (κ3) is 18.5. The van der Waals surface area contributed by atoms with Crippen molar-refractivity contribution >= 4 is 41.5 Å². The number of rotatable bonds is 28. The van der Waals surface area contributed by atoms with Gasteiger partial charge in [-0.15, -0.1) is 0 Å². The Morgan fingerprint density at radius 2 is 1.44 bits per heavy atom. The summed E-state index contributed by atoms with van der Waals surface area (Å²) in [6, 6.07) is 9.29. The van der Waals surface area contributed by atoms with E-state index < -0.39 is 78.2 Å². The number of hydrogen-bond donors (Lipinski definition) is 4. The monoisotopic (exact) mass is 993 g/mol. The second kappa shape index (κ2) is 29.1. The number of aliphatic hydroxyl groups excluding tert-OH is 1. The second-order valence-corrected chi connectivity index (χ2v) is 20.5. The lowest BCUT2D eigenvalue weighted by atomic mass is 9.90. The fraction of sp³-hybridized carbons (Fsp3) is 0.648. The van der Waals surface area contributed by atoms with E-state index in [9.17, 15) is 38.7 Å². The number of benzene rings is 2. The smallest absolute Gasteiger partial charge is 0.410 e. The molecule has 2 aromatic carbocycles. The van der Waals surface area contributed by atoms with Gasteiger partial charge in [0, 0.05) is 39.9 Å². The minimum absolute atomic E-state index is 0.0337. The summed E-state index contributed by atoms with van der Waals surface area (Å²) < 4.78 is 17.1. The fourth-order valence-electron chi connectivity index (χ4n) is 8.71. The van der Waals surface area contributed by atoms with Gasteiger partial charge in [-0.25, -0.2) is 9.59 Å².